The van der Waals surface area contributed by atoms with E-state index in [1.165, 1.54) is 11.8 Å². The molecule has 0 saturated heterocycles. The molecule has 0 aliphatic rings. The Kier molecular flexibility index (Phi) is 5.97. The molecule has 1 unspecified atom stereocenters. The summed E-state index contributed by atoms with van der Waals surface area (Å²) >= 11 is 1.37. The molecule has 1 atom stereocenters. The molecular weight excluding hydrogens is 262 g/mol. The van der Waals surface area contributed by atoms with E-state index in [4.69, 9.17) is 11.5 Å². The summed E-state index contributed by atoms with van der Waals surface area (Å²) in [5.74, 6) is 0.945. The van der Waals surface area contributed by atoms with Crippen LogP contribution in [0.25, 0.3) is 0 Å². The quantitative estimate of drug-likeness (QED) is 0.613. The van der Waals surface area contributed by atoms with Crippen molar-refractivity contribution in [3.8, 4) is 12.3 Å². The third kappa shape index (κ3) is 5.06. The highest BCUT2D eigenvalue weighted by atomic mass is 32.2. The van der Waals surface area contributed by atoms with E-state index in [9.17, 15) is 9.59 Å². The third-order valence-electron chi connectivity index (χ3n) is 2.41. The van der Waals surface area contributed by atoms with E-state index in [0.717, 1.165) is 10.5 Å². The number of hydrogen-bond donors (Lipinski definition) is 2. The molecule has 1 amide bonds. The lowest BCUT2D eigenvalue weighted by atomic mass is 10.2. The van der Waals surface area contributed by atoms with Crippen LogP contribution in [0.2, 0.25) is 0 Å². The van der Waals surface area contributed by atoms with Crippen LogP contribution in [0, 0.1) is 19.3 Å². The number of carbonyl (C=O) groups excluding carboxylic acids is 1. The topological polar surface area (TPSA) is 66.4 Å². The zero-order valence-corrected chi connectivity index (χ0v) is 11.4. The number of amides is 1. The fourth-order valence-corrected chi connectivity index (χ4v) is 2.26. The smallest absolute Gasteiger partial charge is 0.327 e. The highest BCUT2D eigenvalue weighted by Crippen LogP contribution is 2.21. The lowest BCUT2D eigenvalue weighted by molar-refractivity contribution is -0.141. The number of nitrogens with one attached hydrogen (secondary N) is 1. The van der Waals surface area contributed by atoms with Gasteiger partial charge in [-0.1, -0.05) is 18.2 Å². The molecule has 0 saturated carbocycles. The number of terminal acetylenes is 1. The Morgan fingerprint density at radius 1 is 1.47 bits per heavy atom. The fourth-order valence-electron chi connectivity index (χ4n) is 1.42. The Balaban J connectivity index is 2.50. The minimum absolute atomic E-state index is 0.0178. The molecule has 4 nitrogen and oxygen atoms in total. The van der Waals surface area contributed by atoms with Gasteiger partial charge < -0.3 is 10.4 Å². The van der Waals surface area contributed by atoms with Gasteiger partial charge in [0.1, 0.15) is 6.04 Å². The van der Waals surface area contributed by atoms with Gasteiger partial charge in [-0.2, -0.15) is 0 Å². The van der Waals surface area contributed by atoms with Crippen molar-refractivity contribution >= 4 is 23.6 Å². The molecule has 5 heteroatoms. The van der Waals surface area contributed by atoms with Gasteiger partial charge in [0.25, 0.3) is 0 Å². The van der Waals surface area contributed by atoms with Gasteiger partial charge in [0.2, 0.25) is 5.91 Å². The molecule has 0 aliphatic carbocycles. The summed E-state index contributed by atoms with van der Waals surface area (Å²) in [5.41, 5.74) is 1.08. The lowest BCUT2D eigenvalue weighted by Gasteiger charge is -2.11. The fraction of sp³-hybridized carbons (Fsp3) is 0.286. The molecule has 0 bridgehead atoms. The van der Waals surface area contributed by atoms with Gasteiger partial charge >= 0.3 is 5.97 Å². The second-order valence-corrected chi connectivity index (χ2v) is 4.94. The minimum atomic E-state index is -1.12. The number of benzene rings is 1. The molecule has 0 heterocycles. The average Bonchev–Trinajstić information content (AvgIpc) is 2.37. The summed E-state index contributed by atoms with van der Waals surface area (Å²) in [4.78, 5) is 23.5. The van der Waals surface area contributed by atoms with Gasteiger partial charge in [-0.3, -0.25) is 4.79 Å². The van der Waals surface area contributed by atoms with Gasteiger partial charge in [-0.05, 0) is 18.6 Å². The van der Waals surface area contributed by atoms with Crippen molar-refractivity contribution in [1.29, 1.82) is 0 Å². The maximum atomic E-state index is 11.7. The van der Waals surface area contributed by atoms with Crippen molar-refractivity contribution in [3.63, 3.8) is 0 Å². The number of carbonyl (C=O) groups is 2. The van der Waals surface area contributed by atoms with E-state index < -0.39 is 12.0 Å². The number of carboxylic acids is 1. The van der Waals surface area contributed by atoms with Crippen LogP contribution in [0.4, 0.5) is 0 Å². The SMILES string of the molecule is C#CCC(NC(=O)CSc1ccccc1C)C(=O)O. The summed E-state index contributed by atoms with van der Waals surface area (Å²) in [6.45, 7) is 1.96. The van der Waals surface area contributed by atoms with Crippen LogP contribution in [-0.4, -0.2) is 28.8 Å². The summed E-state index contributed by atoms with van der Waals surface area (Å²) in [5, 5.41) is 11.3. The Morgan fingerprint density at radius 2 is 2.16 bits per heavy atom. The van der Waals surface area contributed by atoms with Gasteiger partial charge in [0, 0.05) is 11.3 Å². The molecule has 1 aromatic carbocycles. The number of carboxylic acid groups (broad SMARTS) is 1. The molecule has 0 radical (unpaired) electrons. The molecule has 0 aromatic heterocycles. The van der Waals surface area contributed by atoms with E-state index in [-0.39, 0.29) is 18.1 Å². The largest absolute Gasteiger partial charge is 0.480 e. The van der Waals surface area contributed by atoms with Gasteiger partial charge in [0.05, 0.1) is 5.75 Å². The third-order valence-corrected chi connectivity index (χ3v) is 3.58. The molecule has 0 spiro atoms. The molecule has 2 N–H and O–H groups in total. The van der Waals surface area contributed by atoms with E-state index in [1.54, 1.807) is 0 Å². The van der Waals surface area contributed by atoms with Crippen LogP contribution in [-0.2, 0) is 9.59 Å². The first-order valence-corrected chi connectivity index (χ1v) is 6.67. The predicted molar refractivity (Wildman–Crippen MR) is 74.9 cm³/mol. The van der Waals surface area contributed by atoms with Crippen molar-refractivity contribution < 1.29 is 14.7 Å². The highest BCUT2D eigenvalue weighted by Gasteiger charge is 2.18. The lowest BCUT2D eigenvalue weighted by Crippen LogP contribution is -2.41. The van der Waals surface area contributed by atoms with Crippen LogP contribution in [0.3, 0.4) is 0 Å². The van der Waals surface area contributed by atoms with Gasteiger partial charge in [-0.15, -0.1) is 24.1 Å². The van der Waals surface area contributed by atoms with Crippen molar-refractivity contribution in [2.24, 2.45) is 0 Å². The van der Waals surface area contributed by atoms with Crippen LogP contribution < -0.4 is 5.32 Å². The normalized spacial score (nSPS) is 11.4. The Hall–Kier alpha value is -1.93. The molecule has 0 aliphatic heterocycles. The second-order valence-electron chi connectivity index (χ2n) is 3.92. The summed E-state index contributed by atoms with van der Waals surface area (Å²) in [7, 11) is 0. The monoisotopic (exact) mass is 277 g/mol. The second kappa shape index (κ2) is 7.49. The number of thioether (sulfide) groups is 1. The van der Waals surface area contributed by atoms with E-state index in [2.05, 4.69) is 11.2 Å². The van der Waals surface area contributed by atoms with E-state index in [1.807, 2.05) is 31.2 Å². The standard InChI is InChI=1S/C14H15NO3S/c1-3-6-11(14(17)18)15-13(16)9-19-12-8-5-4-7-10(12)2/h1,4-5,7-8,11H,6,9H2,2H3,(H,15,16)(H,17,18). The van der Waals surface area contributed by atoms with Crippen LogP contribution in [0.1, 0.15) is 12.0 Å². The number of rotatable bonds is 6. The molecule has 1 rings (SSSR count). The summed E-state index contributed by atoms with van der Waals surface area (Å²) in [6.07, 6.45) is 5.04. The van der Waals surface area contributed by atoms with Crippen molar-refractivity contribution in [2.75, 3.05) is 5.75 Å². The molecule has 19 heavy (non-hydrogen) atoms. The first-order chi connectivity index (χ1) is 9.04. The molecule has 1 aromatic rings. The van der Waals surface area contributed by atoms with Crippen LogP contribution >= 0.6 is 11.8 Å². The minimum Gasteiger partial charge on any atom is -0.480 e. The van der Waals surface area contributed by atoms with Crippen molar-refractivity contribution in [1.82, 2.24) is 5.32 Å². The number of aliphatic carboxylic acids is 1. The van der Waals surface area contributed by atoms with Crippen LogP contribution in [0.5, 0.6) is 0 Å². The first-order valence-electron chi connectivity index (χ1n) is 5.68. The molecular formula is C14H15NO3S. The predicted octanol–water partition coefficient (Wildman–Crippen LogP) is 1.68. The molecule has 100 valence electrons. The Labute approximate surface area is 116 Å². The number of aryl methyl sites for hydroxylation is 1. The zero-order chi connectivity index (χ0) is 14.3. The maximum Gasteiger partial charge on any atom is 0.327 e. The highest BCUT2D eigenvalue weighted by molar-refractivity contribution is 8.00. The van der Waals surface area contributed by atoms with E-state index in [0.29, 0.717) is 0 Å². The Bertz CT molecular complexity index is 508. The molecule has 0 fully saturated rings. The van der Waals surface area contributed by atoms with Crippen LogP contribution in [0.15, 0.2) is 29.2 Å². The van der Waals surface area contributed by atoms with Crippen molar-refractivity contribution in [3.05, 3.63) is 29.8 Å². The van der Waals surface area contributed by atoms with E-state index >= 15 is 0 Å². The first kappa shape index (κ1) is 15.1. The number of hydrogen-bond acceptors (Lipinski definition) is 3. The maximum absolute atomic E-state index is 11.7. The Morgan fingerprint density at radius 3 is 2.74 bits per heavy atom. The zero-order valence-electron chi connectivity index (χ0n) is 10.6. The summed E-state index contributed by atoms with van der Waals surface area (Å²) < 4.78 is 0. The van der Waals surface area contributed by atoms with Crippen molar-refractivity contribution in [2.45, 2.75) is 24.3 Å². The van der Waals surface area contributed by atoms with Gasteiger partial charge in [0.15, 0.2) is 0 Å². The average molecular weight is 277 g/mol. The van der Waals surface area contributed by atoms with Gasteiger partial charge in [-0.25, -0.2) is 4.79 Å². The summed E-state index contributed by atoms with van der Waals surface area (Å²) in [6, 6.07) is 6.68.